The Bertz CT molecular complexity index is 296. The second-order valence-electron chi connectivity index (χ2n) is 5.43. The Hall–Kier alpha value is -0.960. The van der Waals surface area contributed by atoms with Crippen molar-refractivity contribution >= 4 is 0 Å². The van der Waals surface area contributed by atoms with E-state index < -0.39 is 0 Å². The minimum Gasteiger partial charge on any atom is -0.311 e. The van der Waals surface area contributed by atoms with Gasteiger partial charge in [0.05, 0.1) is 5.69 Å². The Morgan fingerprint density at radius 2 is 2.12 bits per heavy atom. The Labute approximate surface area is 105 Å². The van der Waals surface area contributed by atoms with E-state index in [0.29, 0.717) is 5.41 Å². The molecule has 1 aromatic rings. The fraction of sp³-hybridized carbons (Fsp3) is 0.714. The number of nitrogens with zero attached hydrogens (tertiary/aromatic N) is 2. The molecule has 0 saturated carbocycles. The van der Waals surface area contributed by atoms with Crippen LogP contribution in [0, 0.1) is 5.41 Å². The van der Waals surface area contributed by atoms with Gasteiger partial charge < -0.3 is 5.32 Å². The van der Waals surface area contributed by atoms with Crippen molar-refractivity contribution in [2.75, 3.05) is 6.54 Å². The highest BCUT2D eigenvalue weighted by Crippen LogP contribution is 2.22. The molecule has 3 nitrogen and oxygen atoms in total. The van der Waals surface area contributed by atoms with Gasteiger partial charge in [0.2, 0.25) is 0 Å². The quantitative estimate of drug-likeness (QED) is 0.703. The molecule has 0 bridgehead atoms. The monoisotopic (exact) mass is 235 g/mol. The zero-order valence-corrected chi connectivity index (χ0v) is 11.4. The van der Waals surface area contributed by atoms with Crippen LogP contribution in [-0.2, 0) is 6.54 Å². The van der Waals surface area contributed by atoms with Crippen LogP contribution in [0.3, 0.4) is 0 Å². The highest BCUT2D eigenvalue weighted by Gasteiger charge is 2.16. The van der Waals surface area contributed by atoms with Gasteiger partial charge in [-0.05, 0) is 17.9 Å². The third-order valence-electron chi connectivity index (χ3n) is 3.01. The van der Waals surface area contributed by atoms with E-state index in [-0.39, 0.29) is 0 Å². The van der Waals surface area contributed by atoms with E-state index in [1.54, 1.807) is 12.5 Å². The molecule has 0 fully saturated rings. The minimum absolute atomic E-state index is 0.377. The second kappa shape index (κ2) is 7.38. The molecule has 0 aromatic carbocycles. The summed E-state index contributed by atoms with van der Waals surface area (Å²) in [4.78, 5) is 8.11. The van der Waals surface area contributed by atoms with Crippen LogP contribution in [0.1, 0.15) is 52.1 Å². The molecule has 0 radical (unpaired) electrons. The molecule has 0 saturated heterocycles. The van der Waals surface area contributed by atoms with Crippen LogP contribution in [0.5, 0.6) is 0 Å². The van der Waals surface area contributed by atoms with Gasteiger partial charge in [0.1, 0.15) is 6.33 Å². The first-order valence-electron chi connectivity index (χ1n) is 6.60. The normalized spacial score (nSPS) is 11.7. The van der Waals surface area contributed by atoms with Crippen molar-refractivity contribution in [3.63, 3.8) is 0 Å². The summed E-state index contributed by atoms with van der Waals surface area (Å²) >= 11 is 0. The maximum Gasteiger partial charge on any atom is 0.115 e. The maximum atomic E-state index is 4.20. The first-order chi connectivity index (χ1) is 8.14. The first kappa shape index (κ1) is 14.1. The molecule has 3 heteroatoms. The van der Waals surface area contributed by atoms with Crippen LogP contribution < -0.4 is 5.32 Å². The highest BCUT2D eigenvalue weighted by molar-refractivity contribution is 4.97. The fourth-order valence-corrected chi connectivity index (χ4v) is 1.89. The van der Waals surface area contributed by atoms with E-state index in [9.17, 15) is 0 Å². The lowest BCUT2D eigenvalue weighted by molar-refractivity contribution is 0.301. The van der Waals surface area contributed by atoms with Crippen LogP contribution >= 0.6 is 0 Å². The largest absolute Gasteiger partial charge is 0.311 e. The summed E-state index contributed by atoms with van der Waals surface area (Å²) in [6.07, 6.45) is 8.65. The van der Waals surface area contributed by atoms with Gasteiger partial charge in [-0.1, -0.05) is 40.0 Å². The molecule has 0 unspecified atom stereocenters. The number of hydrogen-bond acceptors (Lipinski definition) is 3. The molecule has 0 amide bonds. The van der Waals surface area contributed by atoms with Crippen LogP contribution in [0.4, 0.5) is 0 Å². The molecule has 96 valence electrons. The molecule has 1 aromatic heterocycles. The van der Waals surface area contributed by atoms with Crippen LogP contribution in [0.25, 0.3) is 0 Å². The average Bonchev–Trinajstić information content (AvgIpc) is 2.30. The molecule has 1 N–H and O–H groups in total. The first-order valence-corrected chi connectivity index (χ1v) is 6.60. The summed E-state index contributed by atoms with van der Waals surface area (Å²) in [5, 5.41) is 3.48. The average molecular weight is 235 g/mol. The summed E-state index contributed by atoms with van der Waals surface area (Å²) in [7, 11) is 0. The standard InChI is InChI=1S/C14H25N3/c1-4-5-6-8-14(2,3)11-16-10-13-7-9-15-12-17-13/h7,9,12,16H,4-6,8,10-11H2,1-3H3. The SMILES string of the molecule is CCCCCC(C)(C)CNCc1ccncn1. The van der Waals surface area contributed by atoms with Crippen molar-refractivity contribution in [1.29, 1.82) is 0 Å². The Kier molecular flexibility index (Phi) is 6.12. The van der Waals surface area contributed by atoms with E-state index in [4.69, 9.17) is 0 Å². The zero-order chi connectivity index (χ0) is 12.6. The van der Waals surface area contributed by atoms with Crippen molar-refractivity contribution in [3.05, 3.63) is 24.3 Å². The highest BCUT2D eigenvalue weighted by atomic mass is 14.9. The predicted molar refractivity (Wildman–Crippen MR) is 71.7 cm³/mol. The molecule has 0 aliphatic heterocycles. The Balaban J connectivity index is 2.20. The van der Waals surface area contributed by atoms with Crippen molar-refractivity contribution in [2.45, 2.75) is 53.0 Å². The third-order valence-corrected chi connectivity index (χ3v) is 3.01. The molecule has 0 spiro atoms. The molecule has 0 atom stereocenters. The van der Waals surface area contributed by atoms with Gasteiger partial charge in [-0.25, -0.2) is 9.97 Å². The summed E-state index contributed by atoms with van der Waals surface area (Å²) in [6.45, 7) is 8.78. The van der Waals surface area contributed by atoms with Gasteiger partial charge in [-0.15, -0.1) is 0 Å². The molecule has 1 rings (SSSR count). The fourth-order valence-electron chi connectivity index (χ4n) is 1.89. The van der Waals surface area contributed by atoms with Gasteiger partial charge in [0, 0.05) is 19.3 Å². The molecular weight excluding hydrogens is 210 g/mol. The molecule has 17 heavy (non-hydrogen) atoms. The lowest BCUT2D eigenvalue weighted by Crippen LogP contribution is -2.29. The smallest absolute Gasteiger partial charge is 0.115 e. The molecule has 0 aliphatic carbocycles. The topological polar surface area (TPSA) is 37.8 Å². The minimum atomic E-state index is 0.377. The molecule has 0 aliphatic rings. The van der Waals surface area contributed by atoms with E-state index >= 15 is 0 Å². The number of hydrogen-bond donors (Lipinski definition) is 1. The second-order valence-corrected chi connectivity index (χ2v) is 5.43. The van der Waals surface area contributed by atoms with Crippen molar-refractivity contribution in [3.8, 4) is 0 Å². The van der Waals surface area contributed by atoms with Gasteiger partial charge >= 0.3 is 0 Å². The number of nitrogens with one attached hydrogen (secondary N) is 1. The van der Waals surface area contributed by atoms with Crippen molar-refractivity contribution in [2.24, 2.45) is 5.41 Å². The maximum absolute atomic E-state index is 4.20. The van der Waals surface area contributed by atoms with E-state index in [0.717, 1.165) is 18.8 Å². The van der Waals surface area contributed by atoms with Gasteiger partial charge in [-0.3, -0.25) is 0 Å². The van der Waals surface area contributed by atoms with Gasteiger partial charge in [-0.2, -0.15) is 0 Å². The lowest BCUT2D eigenvalue weighted by Gasteiger charge is -2.25. The van der Waals surface area contributed by atoms with Gasteiger partial charge in [0.15, 0.2) is 0 Å². The van der Waals surface area contributed by atoms with Crippen LogP contribution in [0.2, 0.25) is 0 Å². The van der Waals surface area contributed by atoms with Crippen molar-refractivity contribution < 1.29 is 0 Å². The van der Waals surface area contributed by atoms with Crippen LogP contribution in [0.15, 0.2) is 18.6 Å². The van der Waals surface area contributed by atoms with E-state index in [1.807, 2.05) is 6.07 Å². The Morgan fingerprint density at radius 1 is 1.29 bits per heavy atom. The zero-order valence-electron chi connectivity index (χ0n) is 11.4. The van der Waals surface area contributed by atoms with E-state index in [1.165, 1.54) is 25.7 Å². The van der Waals surface area contributed by atoms with Crippen molar-refractivity contribution in [1.82, 2.24) is 15.3 Å². The number of unbranched alkanes of at least 4 members (excludes halogenated alkanes) is 2. The van der Waals surface area contributed by atoms with Crippen LogP contribution in [-0.4, -0.2) is 16.5 Å². The van der Waals surface area contributed by atoms with E-state index in [2.05, 4.69) is 36.1 Å². The summed E-state index contributed by atoms with van der Waals surface area (Å²) in [5.74, 6) is 0. The summed E-state index contributed by atoms with van der Waals surface area (Å²) in [6, 6.07) is 1.96. The summed E-state index contributed by atoms with van der Waals surface area (Å²) < 4.78 is 0. The predicted octanol–water partition coefficient (Wildman–Crippen LogP) is 3.17. The number of rotatable bonds is 8. The lowest BCUT2D eigenvalue weighted by atomic mass is 9.87. The number of aromatic nitrogens is 2. The molecule has 1 heterocycles. The van der Waals surface area contributed by atoms with Gasteiger partial charge in [0.25, 0.3) is 0 Å². The summed E-state index contributed by atoms with van der Waals surface area (Å²) in [5.41, 5.74) is 1.44. The molecular formula is C14H25N3. The third kappa shape index (κ3) is 6.37. The Morgan fingerprint density at radius 3 is 2.76 bits per heavy atom.